The minimum absolute atomic E-state index is 0.603. The van der Waals surface area contributed by atoms with Crippen molar-refractivity contribution in [2.75, 3.05) is 30.5 Å². The van der Waals surface area contributed by atoms with Crippen LogP contribution in [0.4, 0.5) is 17.1 Å². The van der Waals surface area contributed by atoms with Crippen molar-refractivity contribution in [3.8, 4) is 0 Å². The highest BCUT2D eigenvalue weighted by molar-refractivity contribution is 8.42. The van der Waals surface area contributed by atoms with E-state index >= 15 is 0 Å². The van der Waals surface area contributed by atoms with Crippen molar-refractivity contribution in [3.63, 3.8) is 0 Å². The van der Waals surface area contributed by atoms with Gasteiger partial charge in [0.25, 0.3) is 0 Å². The topological polar surface area (TPSA) is 55.3 Å². The van der Waals surface area contributed by atoms with Gasteiger partial charge in [0.15, 0.2) is 0 Å². The number of anilines is 3. The SMILES string of the molecule is CN(C)c1ccc(C2=CC(c3ccc(N)cc3)=S(Cl)C(c3ccc(N)cc3)=C2)cc1. The second-order valence-corrected chi connectivity index (χ2v) is 9.73. The third-order valence-corrected chi connectivity index (χ3v) is 7.54. The zero-order valence-electron chi connectivity index (χ0n) is 17.0. The Morgan fingerprint density at radius 3 is 1.70 bits per heavy atom. The Kier molecular flexibility index (Phi) is 5.71. The fourth-order valence-electron chi connectivity index (χ4n) is 3.33. The molecular formula is C25H24ClN3S. The van der Waals surface area contributed by atoms with Gasteiger partial charge in [-0.1, -0.05) is 46.1 Å². The summed E-state index contributed by atoms with van der Waals surface area (Å²) in [5.41, 5.74) is 18.9. The van der Waals surface area contributed by atoms with Crippen molar-refractivity contribution < 1.29 is 0 Å². The molecule has 152 valence electrons. The zero-order valence-corrected chi connectivity index (χ0v) is 18.5. The number of nitrogen functional groups attached to an aromatic ring is 2. The summed E-state index contributed by atoms with van der Waals surface area (Å²) in [6, 6.07) is 24.3. The summed E-state index contributed by atoms with van der Waals surface area (Å²) in [5, 5.41) is 0. The Labute approximate surface area is 184 Å². The van der Waals surface area contributed by atoms with Crippen LogP contribution in [0.5, 0.6) is 0 Å². The minimum Gasteiger partial charge on any atom is -0.399 e. The molecule has 5 heteroatoms. The molecule has 4 rings (SSSR count). The van der Waals surface area contributed by atoms with E-state index in [9.17, 15) is 0 Å². The molecule has 0 aromatic heterocycles. The molecule has 1 unspecified atom stereocenters. The predicted octanol–water partition coefficient (Wildman–Crippen LogP) is 6.00. The molecule has 1 aliphatic rings. The summed E-state index contributed by atoms with van der Waals surface area (Å²) in [6.07, 6.45) is 4.38. The fourth-order valence-corrected chi connectivity index (χ4v) is 5.52. The van der Waals surface area contributed by atoms with Gasteiger partial charge >= 0.3 is 0 Å². The summed E-state index contributed by atoms with van der Waals surface area (Å²) in [5.74, 6) is 0. The van der Waals surface area contributed by atoms with Crippen LogP contribution in [-0.2, 0) is 0 Å². The normalized spacial score (nSPS) is 16.1. The maximum Gasteiger partial charge on any atom is 0.0361 e. The number of halogens is 1. The Balaban J connectivity index is 1.86. The van der Waals surface area contributed by atoms with Gasteiger partial charge in [-0.2, -0.15) is 0 Å². The molecule has 1 aliphatic heterocycles. The van der Waals surface area contributed by atoms with Gasteiger partial charge in [0.1, 0.15) is 0 Å². The van der Waals surface area contributed by atoms with Gasteiger partial charge in [-0.3, -0.25) is 0 Å². The average Bonchev–Trinajstić information content (AvgIpc) is 2.75. The van der Waals surface area contributed by atoms with Crippen LogP contribution in [0.25, 0.3) is 10.5 Å². The van der Waals surface area contributed by atoms with E-state index in [1.807, 2.05) is 62.6 Å². The quantitative estimate of drug-likeness (QED) is 0.392. The first kappa shape index (κ1) is 20.3. The van der Waals surface area contributed by atoms with Crippen LogP contribution < -0.4 is 16.4 Å². The van der Waals surface area contributed by atoms with E-state index in [1.165, 1.54) is 0 Å². The summed E-state index contributed by atoms with van der Waals surface area (Å²) < 4.78 is 0. The van der Waals surface area contributed by atoms with E-state index in [4.69, 9.17) is 22.1 Å². The molecule has 4 N–H and O–H groups in total. The molecule has 0 radical (unpaired) electrons. The lowest BCUT2D eigenvalue weighted by Gasteiger charge is -2.20. The molecule has 3 nitrogen and oxygen atoms in total. The molecule has 0 bridgehead atoms. The van der Waals surface area contributed by atoms with Crippen molar-refractivity contribution in [2.24, 2.45) is 0 Å². The van der Waals surface area contributed by atoms with E-state index in [-0.39, 0.29) is 0 Å². The summed E-state index contributed by atoms with van der Waals surface area (Å²) >= 11 is 0. The molecule has 0 aliphatic carbocycles. The molecule has 3 aromatic rings. The van der Waals surface area contributed by atoms with Crippen molar-refractivity contribution in [2.45, 2.75) is 0 Å². The molecule has 0 saturated heterocycles. The third kappa shape index (κ3) is 4.16. The molecular weight excluding hydrogens is 410 g/mol. The van der Waals surface area contributed by atoms with Crippen molar-refractivity contribution in [1.29, 1.82) is 0 Å². The van der Waals surface area contributed by atoms with E-state index in [2.05, 4.69) is 41.3 Å². The number of hydrogen-bond acceptors (Lipinski definition) is 3. The molecule has 30 heavy (non-hydrogen) atoms. The van der Waals surface area contributed by atoms with Crippen LogP contribution in [0, 0.1) is 0 Å². The maximum atomic E-state index is 7.03. The Bertz CT molecular complexity index is 1160. The molecule has 0 saturated carbocycles. The second kappa shape index (κ2) is 8.42. The van der Waals surface area contributed by atoms with Crippen LogP contribution >= 0.6 is 20.4 Å². The van der Waals surface area contributed by atoms with E-state index < -0.39 is 9.70 Å². The molecule has 0 amide bonds. The molecule has 1 heterocycles. The minimum atomic E-state index is -0.603. The van der Waals surface area contributed by atoms with E-state index in [0.29, 0.717) is 0 Å². The molecule has 0 spiro atoms. The van der Waals surface area contributed by atoms with Gasteiger partial charge in [0.05, 0.1) is 0 Å². The van der Waals surface area contributed by atoms with Gasteiger partial charge in [0.2, 0.25) is 0 Å². The molecule has 1 atom stereocenters. The van der Waals surface area contributed by atoms with Crippen LogP contribution in [0.3, 0.4) is 0 Å². The monoisotopic (exact) mass is 433 g/mol. The van der Waals surface area contributed by atoms with Gasteiger partial charge in [-0.05, 0) is 81.5 Å². The summed E-state index contributed by atoms with van der Waals surface area (Å²) in [6.45, 7) is 0. The lowest BCUT2D eigenvalue weighted by Crippen LogP contribution is -2.08. The van der Waals surface area contributed by atoms with Crippen LogP contribution in [0.15, 0.2) is 84.9 Å². The largest absolute Gasteiger partial charge is 0.399 e. The summed E-state index contributed by atoms with van der Waals surface area (Å²) in [4.78, 5) is 4.26. The van der Waals surface area contributed by atoms with Gasteiger partial charge in [0, 0.05) is 40.9 Å². The molecule has 0 fully saturated rings. The Morgan fingerprint density at radius 2 is 1.17 bits per heavy atom. The lowest BCUT2D eigenvalue weighted by molar-refractivity contribution is 1.13. The number of nitrogens with zero attached hydrogens (tertiary/aromatic N) is 1. The maximum absolute atomic E-state index is 7.03. The van der Waals surface area contributed by atoms with Crippen molar-refractivity contribution in [1.82, 2.24) is 0 Å². The van der Waals surface area contributed by atoms with E-state index in [1.54, 1.807) is 0 Å². The highest BCUT2D eigenvalue weighted by Gasteiger charge is 2.18. The van der Waals surface area contributed by atoms with Crippen molar-refractivity contribution >= 4 is 52.8 Å². The second-order valence-electron chi connectivity index (χ2n) is 7.41. The van der Waals surface area contributed by atoms with Crippen LogP contribution in [0.2, 0.25) is 0 Å². The average molecular weight is 434 g/mol. The van der Waals surface area contributed by atoms with Gasteiger partial charge < -0.3 is 16.4 Å². The number of hydrogen-bond donors (Lipinski definition) is 2. The van der Waals surface area contributed by atoms with Gasteiger partial charge in [-0.25, -0.2) is 0 Å². The van der Waals surface area contributed by atoms with Crippen LogP contribution in [0.1, 0.15) is 16.7 Å². The number of nitrogens with two attached hydrogens (primary N) is 2. The number of rotatable bonds is 4. The first-order chi connectivity index (χ1) is 14.4. The smallest absolute Gasteiger partial charge is 0.0361 e. The fraction of sp³-hybridized carbons (Fsp3) is 0.0800. The number of benzene rings is 3. The first-order valence-corrected chi connectivity index (χ1v) is 11.7. The van der Waals surface area contributed by atoms with Crippen molar-refractivity contribution in [3.05, 3.63) is 102 Å². The Morgan fingerprint density at radius 1 is 0.667 bits per heavy atom. The third-order valence-electron chi connectivity index (χ3n) is 5.07. The predicted molar refractivity (Wildman–Crippen MR) is 136 cm³/mol. The van der Waals surface area contributed by atoms with Gasteiger partial charge in [-0.15, -0.1) is 0 Å². The first-order valence-electron chi connectivity index (χ1n) is 9.63. The highest BCUT2D eigenvalue weighted by Crippen LogP contribution is 2.46. The zero-order chi connectivity index (χ0) is 21.3. The van der Waals surface area contributed by atoms with E-state index in [0.717, 1.165) is 49.1 Å². The standard InChI is InChI=1S/C25H24ClN3S/c1-29(2)23-13-7-17(8-14-23)20-15-24(18-3-9-21(27)10-4-18)30(26)25(16-20)19-5-11-22(28)12-6-19/h3-16H,27-28H2,1-2H3. The lowest BCUT2D eigenvalue weighted by atomic mass is 10.00. The van der Waals surface area contributed by atoms with Crippen LogP contribution in [-0.4, -0.2) is 19.0 Å². The number of allylic oxidation sites excluding steroid dienone is 3. The Hall–Kier alpha value is -2.95. The molecule has 3 aromatic carbocycles. The summed E-state index contributed by atoms with van der Waals surface area (Å²) in [7, 11) is 10.5. The highest BCUT2D eigenvalue weighted by atomic mass is 35.7.